The zero-order chi connectivity index (χ0) is 18.5. The second kappa shape index (κ2) is 6.77. The Balaban J connectivity index is 1.53. The molecule has 0 N–H and O–H groups in total. The van der Waals surface area contributed by atoms with Gasteiger partial charge in [-0.25, -0.2) is 0 Å². The van der Waals surface area contributed by atoms with E-state index in [-0.39, 0.29) is 0 Å². The summed E-state index contributed by atoms with van der Waals surface area (Å²) in [7, 11) is 0.195. The van der Waals surface area contributed by atoms with Crippen LogP contribution in [-0.2, 0) is 9.26 Å². The lowest BCUT2D eigenvalue weighted by Crippen LogP contribution is -2.49. The third-order valence-corrected chi connectivity index (χ3v) is 8.92. The van der Waals surface area contributed by atoms with E-state index in [1.165, 1.54) is 44.9 Å². The monoisotopic (exact) mass is 375 g/mol. The molecule has 0 aromatic rings. The molecule has 0 bridgehead atoms. The van der Waals surface area contributed by atoms with Crippen LogP contribution in [0.5, 0.6) is 0 Å². The highest BCUT2D eigenvalue weighted by atomic mass is 28.4. The molecule has 4 heteroatoms. The van der Waals surface area contributed by atoms with Crippen LogP contribution in [0.4, 0.5) is 0 Å². The van der Waals surface area contributed by atoms with Crippen LogP contribution < -0.4 is 0 Å². The van der Waals surface area contributed by atoms with Crippen molar-refractivity contribution in [2.45, 2.75) is 84.0 Å². The van der Waals surface area contributed by atoms with E-state index in [2.05, 4.69) is 37.8 Å². The Morgan fingerprint density at radius 2 is 1.85 bits per heavy atom. The predicted molar refractivity (Wildman–Crippen MR) is 110 cm³/mol. The maximum atomic E-state index is 6.70. The maximum absolute atomic E-state index is 6.70. The lowest BCUT2D eigenvalue weighted by Gasteiger charge is -2.54. The summed E-state index contributed by atoms with van der Waals surface area (Å²) >= 11 is 0. The molecule has 4 aliphatic carbocycles. The van der Waals surface area contributed by atoms with Gasteiger partial charge in [0.05, 0.1) is 11.8 Å². The molecule has 4 aliphatic rings. The molecule has 0 spiro atoms. The quantitative estimate of drug-likeness (QED) is 0.462. The molecule has 146 valence electrons. The average molecular weight is 376 g/mol. The summed E-state index contributed by atoms with van der Waals surface area (Å²) in [5.74, 6) is 3.53. The molecule has 0 saturated heterocycles. The Hall–Kier alpha value is -0.613. The fourth-order valence-electron chi connectivity index (χ4n) is 6.96. The fraction of sp³-hybridized carbons (Fsp3) is 0.864. The zero-order valence-electron chi connectivity index (χ0n) is 17.4. The summed E-state index contributed by atoms with van der Waals surface area (Å²) in [6, 6.07) is 0. The van der Waals surface area contributed by atoms with Crippen LogP contribution in [-0.4, -0.2) is 27.2 Å². The van der Waals surface area contributed by atoms with Gasteiger partial charge in [-0.3, -0.25) is 0 Å². The lowest BCUT2D eigenvalue weighted by atomic mass is 9.52. The second-order valence-electron chi connectivity index (χ2n) is 10.4. The molecule has 0 radical (unpaired) electrons. The van der Waals surface area contributed by atoms with Gasteiger partial charge in [0.15, 0.2) is 8.32 Å². The largest absolute Gasteiger partial charge is 0.414 e. The van der Waals surface area contributed by atoms with Crippen LogP contribution >= 0.6 is 0 Å². The third kappa shape index (κ3) is 3.21. The van der Waals surface area contributed by atoms with Gasteiger partial charge in [-0.1, -0.05) is 17.7 Å². The van der Waals surface area contributed by atoms with Crippen molar-refractivity contribution in [1.29, 1.82) is 0 Å². The van der Waals surface area contributed by atoms with E-state index in [0.717, 1.165) is 35.8 Å². The summed E-state index contributed by atoms with van der Waals surface area (Å²) < 4.78 is 6.70. The molecule has 0 aromatic carbocycles. The lowest BCUT2D eigenvalue weighted by molar-refractivity contribution is -0.0465. The average Bonchev–Trinajstić information content (AvgIpc) is 2.90. The molecule has 26 heavy (non-hydrogen) atoms. The number of fused-ring (bicyclic) bond motifs is 5. The summed E-state index contributed by atoms with van der Waals surface area (Å²) in [5, 5.41) is 4.21. The Labute approximate surface area is 160 Å². The van der Waals surface area contributed by atoms with E-state index >= 15 is 0 Å². The highest BCUT2D eigenvalue weighted by molar-refractivity contribution is 6.69. The summed E-state index contributed by atoms with van der Waals surface area (Å²) in [6.45, 7) is 9.64. The highest BCUT2D eigenvalue weighted by Crippen LogP contribution is 2.62. The number of allylic oxidation sites excluding steroid dienone is 2. The number of rotatable bonds is 3. The Bertz CT molecular complexity index is 608. The van der Waals surface area contributed by atoms with Crippen molar-refractivity contribution in [1.82, 2.24) is 0 Å². The van der Waals surface area contributed by atoms with Gasteiger partial charge in [0, 0.05) is 0 Å². The first-order valence-electron chi connectivity index (χ1n) is 10.8. The van der Waals surface area contributed by atoms with Crippen molar-refractivity contribution in [3.63, 3.8) is 0 Å². The SMILES string of the molecule is CON=C1C=C2CCC3C(CCC4(C)C3CC[C@H]4O[Si](C)(C)C)C2CC1. The molecule has 3 nitrogen and oxygen atoms in total. The minimum atomic E-state index is -1.47. The van der Waals surface area contributed by atoms with Crippen molar-refractivity contribution in [3.05, 3.63) is 11.6 Å². The predicted octanol–water partition coefficient (Wildman–Crippen LogP) is 5.78. The van der Waals surface area contributed by atoms with Crippen LogP contribution in [0, 0.1) is 29.1 Å². The Morgan fingerprint density at radius 1 is 1.04 bits per heavy atom. The molecule has 0 aliphatic heterocycles. The molecule has 0 amide bonds. The molecule has 6 atom stereocenters. The van der Waals surface area contributed by atoms with E-state index in [9.17, 15) is 0 Å². The van der Waals surface area contributed by atoms with Gasteiger partial charge in [0.25, 0.3) is 0 Å². The van der Waals surface area contributed by atoms with Crippen LogP contribution in [0.2, 0.25) is 19.6 Å². The van der Waals surface area contributed by atoms with Crippen molar-refractivity contribution < 1.29 is 9.26 Å². The normalized spacial score (nSPS) is 44.1. The van der Waals surface area contributed by atoms with Crippen molar-refractivity contribution in [2.75, 3.05) is 7.11 Å². The number of hydrogen-bond donors (Lipinski definition) is 0. The van der Waals surface area contributed by atoms with Crippen molar-refractivity contribution >= 4 is 14.0 Å². The van der Waals surface area contributed by atoms with Crippen molar-refractivity contribution in [2.24, 2.45) is 34.2 Å². The molecule has 0 heterocycles. The fourth-order valence-corrected chi connectivity index (χ4v) is 8.20. The summed E-state index contributed by atoms with van der Waals surface area (Å²) in [4.78, 5) is 5.02. The van der Waals surface area contributed by atoms with E-state index in [0.29, 0.717) is 11.5 Å². The molecule has 3 saturated carbocycles. The van der Waals surface area contributed by atoms with Gasteiger partial charge >= 0.3 is 0 Å². The second-order valence-corrected chi connectivity index (χ2v) is 14.9. The van der Waals surface area contributed by atoms with Crippen LogP contribution in [0.15, 0.2) is 16.8 Å². The Morgan fingerprint density at radius 3 is 2.58 bits per heavy atom. The highest BCUT2D eigenvalue weighted by Gasteiger charge is 2.57. The summed E-state index contributed by atoms with van der Waals surface area (Å²) in [6.07, 6.45) is 13.4. The first-order chi connectivity index (χ1) is 12.3. The first-order valence-corrected chi connectivity index (χ1v) is 14.2. The molecule has 0 aromatic heterocycles. The first kappa shape index (κ1) is 18.7. The van der Waals surface area contributed by atoms with E-state index < -0.39 is 8.32 Å². The van der Waals surface area contributed by atoms with Gasteiger partial charge in [-0.15, -0.1) is 0 Å². The molecule has 4 rings (SSSR count). The molecular weight excluding hydrogens is 338 g/mol. The summed E-state index contributed by atoms with van der Waals surface area (Å²) in [5.41, 5.74) is 3.26. The number of oxime groups is 1. The number of hydrogen-bond acceptors (Lipinski definition) is 3. The van der Waals surface area contributed by atoms with Crippen LogP contribution in [0.25, 0.3) is 0 Å². The number of nitrogens with zero attached hydrogens (tertiary/aromatic N) is 1. The van der Waals surface area contributed by atoms with Gasteiger partial charge < -0.3 is 9.26 Å². The van der Waals surface area contributed by atoms with E-state index in [1.807, 2.05) is 0 Å². The van der Waals surface area contributed by atoms with Crippen LogP contribution in [0.3, 0.4) is 0 Å². The third-order valence-electron chi connectivity index (χ3n) is 7.93. The zero-order valence-corrected chi connectivity index (χ0v) is 18.4. The molecular formula is C22H37NO2Si. The minimum Gasteiger partial charge on any atom is -0.414 e. The smallest absolute Gasteiger partial charge is 0.184 e. The molecule has 5 unspecified atom stereocenters. The van der Waals surface area contributed by atoms with Crippen molar-refractivity contribution in [3.8, 4) is 0 Å². The molecule has 3 fully saturated rings. The Kier molecular flexibility index (Phi) is 4.88. The van der Waals surface area contributed by atoms with Gasteiger partial charge in [0.2, 0.25) is 0 Å². The minimum absolute atomic E-state index is 0.431. The van der Waals surface area contributed by atoms with Gasteiger partial charge in [0.1, 0.15) is 7.11 Å². The van der Waals surface area contributed by atoms with E-state index in [1.54, 1.807) is 12.7 Å². The standard InChI is InChI=1S/C22H37NO2Si/c1-22-13-12-18-17-9-7-16(23-24-2)14-15(17)6-8-19(18)20(22)10-11-21(22)25-26(3,4)5/h14,17-21H,6-13H2,1-5H3/t17?,18?,19?,20?,21-,22?/m1/s1. The van der Waals surface area contributed by atoms with Crippen LogP contribution in [0.1, 0.15) is 58.3 Å². The van der Waals surface area contributed by atoms with Gasteiger partial charge in [-0.05, 0) is 106 Å². The maximum Gasteiger partial charge on any atom is 0.184 e. The van der Waals surface area contributed by atoms with E-state index in [4.69, 9.17) is 9.26 Å². The topological polar surface area (TPSA) is 30.8 Å². The van der Waals surface area contributed by atoms with Gasteiger partial charge in [-0.2, -0.15) is 0 Å².